The molecule has 0 unspecified atom stereocenters. The lowest BCUT2D eigenvalue weighted by Gasteiger charge is -2.22. The Balaban J connectivity index is 2.22. The van der Waals surface area contributed by atoms with Crippen LogP contribution >= 0.6 is 0 Å². The summed E-state index contributed by atoms with van der Waals surface area (Å²) in [6, 6.07) is 10.9. The summed E-state index contributed by atoms with van der Waals surface area (Å²) in [6.45, 7) is 7.02. The quantitative estimate of drug-likeness (QED) is 0.245. The largest absolute Gasteiger partial charge is 0.598 e. The highest BCUT2D eigenvalue weighted by molar-refractivity contribution is 7.91. The third-order valence-electron chi connectivity index (χ3n) is 6.53. The van der Waals surface area contributed by atoms with E-state index in [-0.39, 0.29) is 28.2 Å². The fourth-order valence-electron chi connectivity index (χ4n) is 4.08. The summed E-state index contributed by atoms with van der Waals surface area (Å²) >= 11 is -1.34. The van der Waals surface area contributed by atoms with Crippen LogP contribution in [0.1, 0.15) is 73.6 Å². The minimum atomic E-state index is -3.44. The first-order chi connectivity index (χ1) is 18.3. The van der Waals surface area contributed by atoms with Crippen molar-refractivity contribution < 1.29 is 22.2 Å². The van der Waals surface area contributed by atoms with Crippen molar-refractivity contribution in [3.8, 4) is 11.1 Å². The van der Waals surface area contributed by atoms with E-state index >= 15 is 0 Å². The molecule has 3 aromatic rings. The van der Waals surface area contributed by atoms with E-state index in [1.807, 2.05) is 6.92 Å². The van der Waals surface area contributed by atoms with Gasteiger partial charge in [0.2, 0.25) is 0 Å². The van der Waals surface area contributed by atoms with E-state index in [0.717, 1.165) is 12.8 Å². The van der Waals surface area contributed by atoms with Gasteiger partial charge >= 0.3 is 0 Å². The van der Waals surface area contributed by atoms with E-state index in [0.29, 0.717) is 28.0 Å². The molecule has 0 aliphatic carbocycles. The van der Waals surface area contributed by atoms with Crippen molar-refractivity contribution in [1.29, 1.82) is 0 Å². The second kappa shape index (κ2) is 13.0. The van der Waals surface area contributed by atoms with Gasteiger partial charge in [-0.25, -0.2) is 12.8 Å². The van der Waals surface area contributed by atoms with Crippen LogP contribution in [0.15, 0.2) is 59.5 Å². The molecule has 0 aliphatic heterocycles. The molecule has 0 aliphatic rings. The molecular formula is C29H35FN2O5S2. The molecule has 0 spiro atoms. The Bertz CT molecular complexity index is 1480. The molecule has 0 saturated heterocycles. The van der Waals surface area contributed by atoms with Crippen LogP contribution in [0.25, 0.3) is 11.1 Å². The molecular weight excluding hydrogens is 539 g/mol. The fraction of sp³-hybridized carbons (Fsp3) is 0.379. The Morgan fingerprint density at radius 2 is 1.74 bits per heavy atom. The zero-order chi connectivity index (χ0) is 28.9. The lowest BCUT2D eigenvalue weighted by molar-refractivity contribution is 0.103. The molecule has 1 heterocycles. The summed E-state index contributed by atoms with van der Waals surface area (Å²) in [5.74, 6) is -0.622. The number of benzene rings is 2. The SMILES string of the molecule is CCCC[S@+]([O-])N[C@@H](C)c1cc(=O)n(C)cc1-c1cc(CS(=O)(=O)C(C)C)ccc1C(=O)c1ccc(F)cc1. The summed E-state index contributed by atoms with van der Waals surface area (Å²) in [6.07, 6.45) is 3.26. The number of hydrogen-bond acceptors (Lipinski definition) is 6. The Morgan fingerprint density at radius 1 is 1.08 bits per heavy atom. The molecule has 210 valence electrons. The van der Waals surface area contributed by atoms with Crippen LogP contribution in [0, 0.1) is 5.82 Å². The number of nitrogens with zero attached hydrogens (tertiary/aromatic N) is 1. The molecule has 0 saturated carbocycles. The van der Waals surface area contributed by atoms with Gasteiger partial charge < -0.3 is 9.12 Å². The highest BCUT2D eigenvalue weighted by atomic mass is 32.2. The van der Waals surface area contributed by atoms with Crippen molar-refractivity contribution in [3.05, 3.63) is 93.2 Å². The molecule has 0 fully saturated rings. The lowest BCUT2D eigenvalue weighted by Crippen LogP contribution is -2.30. The van der Waals surface area contributed by atoms with Gasteiger partial charge in [0.1, 0.15) is 11.6 Å². The van der Waals surface area contributed by atoms with Crippen LogP contribution in [-0.4, -0.2) is 34.3 Å². The zero-order valence-electron chi connectivity index (χ0n) is 22.9. The van der Waals surface area contributed by atoms with Gasteiger partial charge in [-0.3, -0.25) is 9.59 Å². The number of carbonyl (C=O) groups excluding carboxylic acids is 1. The van der Waals surface area contributed by atoms with Crippen LogP contribution < -0.4 is 10.3 Å². The Hall–Kier alpha value is -2.79. The van der Waals surface area contributed by atoms with Crippen molar-refractivity contribution in [2.75, 3.05) is 5.75 Å². The number of halogens is 1. The van der Waals surface area contributed by atoms with Crippen LogP contribution in [0.2, 0.25) is 0 Å². The van der Waals surface area contributed by atoms with E-state index in [9.17, 15) is 27.0 Å². The third-order valence-corrected chi connectivity index (χ3v) is 9.98. The first-order valence-corrected chi connectivity index (χ1v) is 15.9. The number of rotatable bonds is 12. The first-order valence-electron chi connectivity index (χ1n) is 12.8. The van der Waals surface area contributed by atoms with Crippen LogP contribution in [0.4, 0.5) is 4.39 Å². The number of hydrogen-bond donors (Lipinski definition) is 1. The molecule has 0 amide bonds. The first kappa shape index (κ1) is 30.7. The van der Waals surface area contributed by atoms with Crippen LogP contribution in [-0.2, 0) is 34.0 Å². The van der Waals surface area contributed by atoms with Crippen molar-refractivity contribution in [2.24, 2.45) is 7.05 Å². The second-order valence-electron chi connectivity index (χ2n) is 9.91. The number of aromatic nitrogens is 1. The van der Waals surface area contributed by atoms with Gasteiger partial charge in [0, 0.05) is 47.4 Å². The molecule has 0 radical (unpaired) electrons. The smallest absolute Gasteiger partial charge is 0.250 e. The average molecular weight is 575 g/mol. The van der Waals surface area contributed by atoms with Crippen molar-refractivity contribution >= 4 is 27.0 Å². The summed E-state index contributed by atoms with van der Waals surface area (Å²) in [7, 11) is -1.86. The Kier molecular flexibility index (Phi) is 10.3. The van der Waals surface area contributed by atoms with Crippen molar-refractivity contribution in [2.45, 2.75) is 57.6 Å². The zero-order valence-corrected chi connectivity index (χ0v) is 24.5. The predicted octanol–water partition coefficient (Wildman–Crippen LogP) is 4.86. The number of pyridine rings is 1. The number of carbonyl (C=O) groups is 1. The molecule has 2 atom stereocenters. The van der Waals surface area contributed by atoms with Crippen LogP contribution in [0.5, 0.6) is 0 Å². The van der Waals surface area contributed by atoms with E-state index in [2.05, 4.69) is 4.72 Å². The number of nitrogens with one attached hydrogen (secondary N) is 1. The molecule has 3 rings (SSSR count). The van der Waals surface area contributed by atoms with Gasteiger partial charge in [-0.2, -0.15) is 0 Å². The molecule has 39 heavy (non-hydrogen) atoms. The lowest BCUT2D eigenvalue weighted by atomic mass is 9.89. The number of sulfone groups is 1. The highest BCUT2D eigenvalue weighted by Crippen LogP contribution is 2.33. The predicted molar refractivity (Wildman–Crippen MR) is 154 cm³/mol. The number of ketones is 1. The summed E-state index contributed by atoms with van der Waals surface area (Å²) in [5.41, 5.74) is 2.22. The van der Waals surface area contributed by atoms with Crippen molar-refractivity contribution in [3.63, 3.8) is 0 Å². The summed E-state index contributed by atoms with van der Waals surface area (Å²) < 4.78 is 56.0. The number of unbranched alkanes of at least 4 members (excludes halogenated alkanes) is 1. The number of aryl methyl sites for hydroxylation is 1. The maximum atomic E-state index is 13.6. The minimum Gasteiger partial charge on any atom is -0.598 e. The van der Waals surface area contributed by atoms with Gasteiger partial charge in [-0.1, -0.05) is 25.5 Å². The normalized spacial score (nSPS) is 13.4. The monoisotopic (exact) mass is 574 g/mol. The molecule has 10 heteroatoms. The maximum Gasteiger partial charge on any atom is 0.250 e. The molecule has 7 nitrogen and oxygen atoms in total. The average Bonchev–Trinajstić information content (AvgIpc) is 2.88. The van der Waals surface area contributed by atoms with E-state index in [1.165, 1.54) is 34.9 Å². The molecule has 0 bridgehead atoms. The van der Waals surface area contributed by atoms with Gasteiger partial charge in [-0.15, -0.1) is 4.72 Å². The van der Waals surface area contributed by atoms with Gasteiger partial charge in [0.25, 0.3) is 5.56 Å². The van der Waals surface area contributed by atoms with E-state index < -0.39 is 38.3 Å². The molecule has 2 aromatic carbocycles. The van der Waals surface area contributed by atoms with Gasteiger partial charge in [0.15, 0.2) is 15.6 Å². The standard InChI is InChI=1S/C29H35FN2O5S2/c1-6-7-14-38(35)31-20(4)25-16-28(33)32(5)17-27(25)26-15-21(18-39(36,37)19(2)3)8-13-24(26)29(34)22-9-11-23(30)12-10-22/h8-13,15-17,19-20,31H,6-7,14,18H2,1-5H3/t20-,38-/m0/s1. The summed E-state index contributed by atoms with van der Waals surface area (Å²) in [4.78, 5) is 26.3. The molecule has 1 aromatic heterocycles. The second-order valence-corrected chi connectivity index (χ2v) is 13.8. The Morgan fingerprint density at radius 3 is 2.36 bits per heavy atom. The minimum absolute atomic E-state index is 0.224. The highest BCUT2D eigenvalue weighted by Gasteiger charge is 2.24. The van der Waals surface area contributed by atoms with E-state index in [4.69, 9.17) is 0 Å². The van der Waals surface area contributed by atoms with Crippen molar-refractivity contribution in [1.82, 2.24) is 9.29 Å². The summed E-state index contributed by atoms with van der Waals surface area (Å²) in [5, 5.41) is -0.586. The Labute approximate surface area is 232 Å². The molecule has 1 N–H and O–H groups in total. The third kappa shape index (κ3) is 7.66. The van der Waals surface area contributed by atoms with Crippen LogP contribution in [0.3, 0.4) is 0 Å². The fourth-order valence-corrected chi connectivity index (χ4v) is 6.25. The topological polar surface area (TPSA) is 108 Å². The van der Waals surface area contributed by atoms with Gasteiger partial charge in [0.05, 0.1) is 17.0 Å². The maximum absolute atomic E-state index is 13.6. The van der Waals surface area contributed by atoms with Gasteiger partial charge in [-0.05, 0) is 74.2 Å². The van der Waals surface area contributed by atoms with E-state index in [1.54, 1.807) is 52.2 Å².